The van der Waals surface area contributed by atoms with Crippen LogP contribution < -0.4 is 15.8 Å². The fraction of sp³-hybridized carbons (Fsp3) is 0.222. The minimum atomic E-state index is -0.391. The molecule has 0 aliphatic heterocycles. The highest BCUT2D eigenvalue weighted by Crippen LogP contribution is 2.17. The van der Waals surface area contributed by atoms with Crippen molar-refractivity contribution in [2.45, 2.75) is 25.9 Å². The highest BCUT2D eigenvalue weighted by Gasteiger charge is 2.04. The molecule has 0 aliphatic rings. The third-order valence-corrected chi connectivity index (χ3v) is 3.21. The van der Waals surface area contributed by atoms with Crippen molar-refractivity contribution in [3.05, 3.63) is 60.2 Å². The molecule has 23 heavy (non-hydrogen) atoms. The van der Waals surface area contributed by atoms with E-state index in [1.165, 1.54) is 0 Å². The van der Waals surface area contributed by atoms with E-state index in [1.54, 1.807) is 12.1 Å². The first kappa shape index (κ1) is 16.5. The predicted octanol–water partition coefficient (Wildman–Crippen LogP) is 2.86. The lowest BCUT2D eigenvalue weighted by Gasteiger charge is -2.08. The van der Waals surface area contributed by atoms with Crippen LogP contribution in [0.2, 0.25) is 0 Å². The van der Waals surface area contributed by atoms with Crippen molar-refractivity contribution < 1.29 is 14.3 Å². The molecule has 5 nitrogen and oxygen atoms in total. The van der Waals surface area contributed by atoms with E-state index in [9.17, 15) is 9.59 Å². The van der Waals surface area contributed by atoms with Crippen LogP contribution in [0.15, 0.2) is 54.6 Å². The molecule has 0 aliphatic carbocycles. The van der Waals surface area contributed by atoms with Crippen molar-refractivity contribution >= 4 is 17.5 Å². The minimum Gasteiger partial charge on any atom is -0.489 e. The van der Waals surface area contributed by atoms with Gasteiger partial charge in [-0.3, -0.25) is 9.59 Å². The topological polar surface area (TPSA) is 81.4 Å². The number of rotatable bonds is 8. The van der Waals surface area contributed by atoms with E-state index in [0.717, 1.165) is 11.3 Å². The van der Waals surface area contributed by atoms with Crippen LogP contribution in [0.5, 0.6) is 5.75 Å². The molecule has 0 saturated carbocycles. The summed E-state index contributed by atoms with van der Waals surface area (Å²) in [5, 5.41) is 2.77. The van der Waals surface area contributed by atoms with Crippen molar-refractivity contribution in [3.8, 4) is 5.75 Å². The van der Waals surface area contributed by atoms with Gasteiger partial charge in [0.2, 0.25) is 11.8 Å². The van der Waals surface area contributed by atoms with E-state index in [0.29, 0.717) is 18.7 Å². The molecule has 2 rings (SSSR count). The van der Waals surface area contributed by atoms with Gasteiger partial charge in [0, 0.05) is 18.5 Å². The van der Waals surface area contributed by atoms with Crippen LogP contribution in [0.1, 0.15) is 24.8 Å². The first-order chi connectivity index (χ1) is 11.1. The van der Waals surface area contributed by atoms with Gasteiger partial charge >= 0.3 is 0 Å². The largest absolute Gasteiger partial charge is 0.489 e. The Kier molecular flexibility index (Phi) is 6.17. The van der Waals surface area contributed by atoms with Gasteiger partial charge in [-0.05, 0) is 36.2 Å². The van der Waals surface area contributed by atoms with Crippen LogP contribution in [0, 0.1) is 0 Å². The molecule has 2 aromatic carbocycles. The Bertz CT molecular complexity index is 639. The number of ether oxygens (including phenoxy) is 1. The minimum absolute atomic E-state index is 0.135. The Labute approximate surface area is 135 Å². The summed E-state index contributed by atoms with van der Waals surface area (Å²) in [5.41, 5.74) is 6.83. The van der Waals surface area contributed by atoms with Gasteiger partial charge in [0.05, 0.1) is 0 Å². The van der Waals surface area contributed by atoms with E-state index in [1.807, 2.05) is 42.5 Å². The Morgan fingerprint density at radius 3 is 2.30 bits per heavy atom. The number of primary amides is 1. The van der Waals surface area contributed by atoms with Gasteiger partial charge in [0.25, 0.3) is 0 Å². The fourth-order valence-electron chi connectivity index (χ4n) is 2.02. The van der Waals surface area contributed by atoms with Crippen molar-refractivity contribution in [3.63, 3.8) is 0 Å². The Morgan fingerprint density at radius 1 is 0.957 bits per heavy atom. The van der Waals surface area contributed by atoms with E-state index >= 15 is 0 Å². The molecule has 3 N–H and O–H groups in total. The van der Waals surface area contributed by atoms with Gasteiger partial charge in [0.1, 0.15) is 12.4 Å². The number of nitrogens with one attached hydrogen (secondary N) is 1. The molecular weight excluding hydrogens is 292 g/mol. The lowest BCUT2D eigenvalue weighted by atomic mass is 10.2. The smallest absolute Gasteiger partial charge is 0.224 e. The molecule has 0 radical (unpaired) electrons. The molecule has 0 heterocycles. The van der Waals surface area contributed by atoms with Crippen LogP contribution in [0.4, 0.5) is 5.69 Å². The zero-order valence-corrected chi connectivity index (χ0v) is 12.8. The summed E-state index contributed by atoms with van der Waals surface area (Å²) < 4.78 is 5.68. The average molecular weight is 312 g/mol. The van der Waals surface area contributed by atoms with E-state index < -0.39 is 5.91 Å². The Morgan fingerprint density at radius 2 is 1.65 bits per heavy atom. The van der Waals surface area contributed by atoms with Crippen molar-refractivity contribution in [1.29, 1.82) is 0 Å². The van der Waals surface area contributed by atoms with Gasteiger partial charge in [-0.1, -0.05) is 30.3 Å². The third-order valence-electron chi connectivity index (χ3n) is 3.21. The highest BCUT2D eigenvalue weighted by molar-refractivity contribution is 5.91. The molecule has 2 amide bonds. The molecule has 0 spiro atoms. The molecule has 5 heteroatoms. The molecule has 0 aromatic heterocycles. The molecular formula is C18H20N2O3. The predicted molar refractivity (Wildman–Crippen MR) is 88.9 cm³/mol. The fourth-order valence-corrected chi connectivity index (χ4v) is 2.02. The van der Waals surface area contributed by atoms with Gasteiger partial charge < -0.3 is 15.8 Å². The standard InChI is InChI=1S/C18H20N2O3/c19-17(21)7-4-8-18(22)20-15-9-11-16(12-10-15)23-13-14-5-2-1-3-6-14/h1-3,5-6,9-12H,4,7-8,13H2,(H2,19,21)(H,20,22). The summed E-state index contributed by atoms with van der Waals surface area (Å²) in [6, 6.07) is 17.1. The van der Waals surface area contributed by atoms with Gasteiger partial charge in [-0.15, -0.1) is 0 Å². The van der Waals surface area contributed by atoms with Gasteiger partial charge in [-0.2, -0.15) is 0 Å². The zero-order chi connectivity index (χ0) is 16.5. The van der Waals surface area contributed by atoms with Crippen LogP contribution >= 0.6 is 0 Å². The monoisotopic (exact) mass is 312 g/mol. The number of benzene rings is 2. The summed E-state index contributed by atoms with van der Waals surface area (Å²) in [7, 11) is 0. The number of amides is 2. The van der Waals surface area contributed by atoms with Gasteiger partial charge in [-0.25, -0.2) is 0 Å². The summed E-state index contributed by atoms with van der Waals surface area (Å²) in [6.45, 7) is 0.500. The molecule has 0 saturated heterocycles. The molecule has 120 valence electrons. The maximum atomic E-state index is 11.7. The first-order valence-electron chi connectivity index (χ1n) is 7.48. The average Bonchev–Trinajstić information content (AvgIpc) is 2.55. The number of nitrogens with two attached hydrogens (primary N) is 1. The Hall–Kier alpha value is -2.82. The van der Waals surface area contributed by atoms with Crippen LogP contribution in [0.25, 0.3) is 0 Å². The van der Waals surface area contributed by atoms with E-state index in [4.69, 9.17) is 10.5 Å². The normalized spacial score (nSPS) is 10.1. The molecule has 2 aromatic rings. The summed E-state index contributed by atoms with van der Waals surface area (Å²) >= 11 is 0. The second-order valence-corrected chi connectivity index (χ2v) is 5.17. The summed E-state index contributed by atoms with van der Waals surface area (Å²) in [6.07, 6.45) is 0.953. The van der Waals surface area contributed by atoms with Crippen LogP contribution in [0.3, 0.4) is 0 Å². The van der Waals surface area contributed by atoms with E-state index in [-0.39, 0.29) is 18.7 Å². The Balaban J connectivity index is 1.77. The first-order valence-corrected chi connectivity index (χ1v) is 7.48. The highest BCUT2D eigenvalue weighted by atomic mass is 16.5. The number of hydrogen-bond donors (Lipinski definition) is 2. The maximum Gasteiger partial charge on any atom is 0.224 e. The number of carbonyl (C=O) groups is 2. The molecule has 0 atom stereocenters. The lowest BCUT2D eigenvalue weighted by Crippen LogP contribution is -2.14. The second kappa shape index (κ2) is 8.58. The summed E-state index contributed by atoms with van der Waals surface area (Å²) in [5.74, 6) is 0.211. The number of hydrogen-bond acceptors (Lipinski definition) is 3. The molecule has 0 unspecified atom stereocenters. The zero-order valence-electron chi connectivity index (χ0n) is 12.8. The maximum absolute atomic E-state index is 11.7. The number of carbonyl (C=O) groups excluding carboxylic acids is 2. The van der Waals surface area contributed by atoms with Crippen molar-refractivity contribution in [2.24, 2.45) is 5.73 Å². The van der Waals surface area contributed by atoms with Crippen LogP contribution in [-0.2, 0) is 16.2 Å². The number of anilines is 1. The van der Waals surface area contributed by atoms with Gasteiger partial charge in [0.15, 0.2) is 0 Å². The van der Waals surface area contributed by atoms with Crippen LogP contribution in [-0.4, -0.2) is 11.8 Å². The summed E-state index contributed by atoms with van der Waals surface area (Å²) in [4.78, 5) is 22.3. The SMILES string of the molecule is NC(=O)CCCC(=O)Nc1ccc(OCc2ccccc2)cc1. The lowest BCUT2D eigenvalue weighted by molar-refractivity contribution is -0.118. The molecule has 0 bridgehead atoms. The molecule has 0 fully saturated rings. The van der Waals surface area contributed by atoms with E-state index in [2.05, 4.69) is 5.32 Å². The third kappa shape index (κ3) is 6.22. The van der Waals surface area contributed by atoms with Crippen molar-refractivity contribution in [1.82, 2.24) is 0 Å². The quantitative estimate of drug-likeness (QED) is 0.786. The van der Waals surface area contributed by atoms with Crippen molar-refractivity contribution in [2.75, 3.05) is 5.32 Å². The second-order valence-electron chi connectivity index (χ2n) is 5.17.